The van der Waals surface area contributed by atoms with E-state index in [1.165, 1.54) is 0 Å². The number of hydrogen-bond donors (Lipinski definition) is 1. The molecular formula is C16H23N3O2. The molecule has 0 aliphatic carbocycles. The standard InChI is InChI=1S/C16H23N3O2/c1-3-21-16-14(6-4-7-15(16)20-2)12-17-8-5-10-19-11-9-18-13-19/h4,6-7,9,11,13,17H,3,5,8,10,12H2,1-2H3. The average molecular weight is 289 g/mol. The fourth-order valence-electron chi connectivity index (χ4n) is 2.20. The quantitative estimate of drug-likeness (QED) is 0.720. The first kappa shape index (κ1) is 15.4. The Bertz CT molecular complexity index is 526. The fraction of sp³-hybridized carbons (Fsp3) is 0.438. The second-order valence-corrected chi connectivity index (χ2v) is 4.71. The predicted octanol–water partition coefficient (Wildman–Crippen LogP) is 2.47. The summed E-state index contributed by atoms with van der Waals surface area (Å²) in [7, 11) is 1.67. The van der Waals surface area contributed by atoms with Crippen LogP contribution in [0.25, 0.3) is 0 Å². The number of nitrogens with zero attached hydrogens (tertiary/aromatic N) is 2. The molecule has 21 heavy (non-hydrogen) atoms. The average Bonchev–Trinajstić information content (AvgIpc) is 3.01. The van der Waals surface area contributed by atoms with E-state index < -0.39 is 0 Å². The van der Waals surface area contributed by atoms with Gasteiger partial charge in [-0.3, -0.25) is 0 Å². The van der Waals surface area contributed by atoms with Crippen LogP contribution in [-0.2, 0) is 13.1 Å². The number of ether oxygens (including phenoxy) is 2. The lowest BCUT2D eigenvalue weighted by atomic mass is 10.2. The molecule has 0 fully saturated rings. The maximum Gasteiger partial charge on any atom is 0.165 e. The van der Waals surface area contributed by atoms with Gasteiger partial charge in [-0.15, -0.1) is 0 Å². The van der Waals surface area contributed by atoms with Gasteiger partial charge in [-0.05, 0) is 26.0 Å². The van der Waals surface area contributed by atoms with Crippen molar-refractivity contribution >= 4 is 0 Å². The zero-order valence-corrected chi connectivity index (χ0v) is 12.7. The lowest BCUT2D eigenvalue weighted by molar-refractivity contribution is 0.306. The van der Waals surface area contributed by atoms with E-state index in [1.54, 1.807) is 13.3 Å². The van der Waals surface area contributed by atoms with Gasteiger partial charge >= 0.3 is 0 Å². The summed E-state index contributed by atoms with van der Waals surface area (Å²) in [6.07, 6.45) is 6.69. The molecule has 1 aromatic heterocycles. The van der Waals surface area contributed by atoms with Crippen LogP contribution in [0.4, 0.5) is 0 Å². The van der Waals surface area contributed by atoms with Crippen molar-refractivity contribution in [2.75, 3.05) is 20.3 Å². The van der Waals surface area contributed by atoms with Crippen molar-refractivity contribution in [1.29, 1.82) is 0 Å². The Morgan fingerprint density at radius 3 is 2.95 bits per heavy atom. The molecule has 0 aliphatic heterocycles. The topological polar surface area (TPSA) is 48.3 Å². The molecule has 0 spiro atoms. The molecule has 5 heteroatoms. The Kier molecular flexibility index (Phi) is 6.09. The number of aryl methyl sites for hydroxylation is 1. The summed E-state index contributed by atoms with van der Waals surface area (Å²) in [5, 5.41) is 3.44. The van der Waals surface area contributed by atoms with Gasteiger partial charge in [0.15, 0.2) is 11.5 Å². The highest BCUT2D eigenvalue weighted by Gasteiger charge is 2.09. The molecule has 0 saturated heterocycles. The zero-order chi connectivity index (χ0) is 14.9. The van der Waals surface area contributed by atoms with Gasteiger partial charge in [-0.2, -0.15) is 0 Å². The van der Waals surface area contributed by atoms with Gasteiger partial charge in [0.05, 0.1) is 20.0 Å². The number of imidazole rings is 1. The Morgan fingerprint density at radius 1 is 1.33 bits per heavy atom. The Morgan fingerprint density at radius 2 is 2.24 bits per heavy atom. The summed E-state index contributed by atoms with van der Waals surface area (Å²) in [5.41, 5.74) is 1.12. The van der Waals surface area contributed by atoms with E-state index in [0.717, 1.165) is 43.1 Å². The molecule has 2 aromatic rings. The molecule has 0 saturated carbocycles. The number of para-hydroxylation sites is 1. The van der Waals surface area contributed by atoms with Gasteiger partial charge in [-0.1, -0.05) is 12.1 Å². The monoisotopic (exact) mass is 289 g/mol. The third-order valence-electron chi connectivity index (χ3n) is 3.21. The van der Waals surface area contributed by atoms with Crippen molar-refractivity contribution < 1.29 is 9.47 Å². The van der Waals surface area contributed by atoms with Gasteiger partial charge < -0.3 is 19.4 Å². The molecule has 2 rings (SSSR count). The predicted molar refractivity (Wildman–Crippen MR) is 82.7 cm³/mol. The van der Waals surface area contributed by atoms with Crippen LogP contribution in [0, 0.1) is 0 Å². The van der Waals surface area contributed by atoms with E-state index in [0.29, 0.717) is 6.61 Å². The van der Waals surface area contributed by atoms with Gasteiger partial charge in [0.25, 0.3) is 0 Å². The number of benzene rings is 1. The first-order valence-electron chi connectivity index (χ1n) is 7.30. The number of methoxy groups -OCH3 is 1. The SMILES string of the molecule is CCOc1c(CNCCCn2ccnc2)cccc1OC. The molecule has 0 bridgehead atoms. The third kappa shape index (κ3) is 4.49. The summed E-state index contributed by atoms with van der Waals surface area (Å²) in [6, 6.07) is 5.98. The van der Waals surface area contributed by atoms with E-state index in [2.05, 4.69) is 20.9 Å². The highest BCUT2D eigenvalue weighted by Crippen LogP contribution is 2.30. The van der Waals surface area contributed by atoms with Crippen LogP contribution in [0.5, 0.6) is 11.5 Å². The number of nitrogens with one attached hydrogen (secondary N) is 1. The summed E-state index contributed by atoms with van der Waals surface area (Å²) in [6.45, 7) is 5.31. The number of hydrogen-bond acceptors (Lipinski definition) is 4. The van der Waals surface area contributed by atoms with Gasteiger partial charge in [0.1, 0.15) is 0 Å². The first-order chi connectivity index (χ1) is 10.3. The number of rotatable bonds is 9. The van der Waals surface area contributed by atoms with E-state index in [9.17, 15) is 0 Å². The van der Waals surface area contributed by atoms with Crippen LogP contribution >= 0.6 is 0 Å². The largest absolute Gasteiger partial charge is 0.493 e. The molecular weight excluding hydrogens is 266 g/mol. The number of aromatic nitrogens is 2. The smallest absolute Gasteiger partial charge is 0.165 e. The van der Waals surface area contributed by atoms with Crippen molar-refractivity contribution in [3.8, 4) is 11.5 Å². The van der Waals surface area contributed by atoms with Gasteiger partial charge in [-0.25, -0.2) is 4.98 Å². The van der Waals surface area contributed by atoms with E-state index in [1.807, 2.05) is 31.6 Å². The van der Waals surface area contributed by atoms with E-state index in [4.69, 9.17) is 9.47 Å². The molecule has 0 unspecified atom stereocenters. The van der Waals surface area contributed by atoms with Crippen LogP contribution in [0.3, 0.4) is 0 Å². The maximum atomic E-state index is 5.70. The lowest BCUT2D eigenvalue weighted by Crippen LogP contribution is -2.17. The molecule has 1 aromatic carbocycles. The second kappa shape index (κ2) is 8.32. The molecule has 0 aliphatic rings. The van der Waals surface area contributed by atoms with E-state index in [-0.39, 0.29) is 0 Å². The molecule has 5 nitrogen and oxygen atoms in total. The van der Waals surface area contributed by atoms with Crippen molar-refractivity contribution in [2.45, 2.75) is 26.4 Å². The molecule has 0 amide bonds. The van der Waals surface area contributed by atoms with Crippen molar-refractivity contribution in [2.24, 2.45) is 0 Å². The van der Waals surface area contributed by atoms with Crippen molar-refractivity contribution in [3.05, 3.63) is 42.5 Å². The summed E-state index contributed by atoms with van der Waals surface area (Å²) in [5.74, 6) is 1.62. The molecule has 1 heterocycles. The second-order valence-electron chi connectivity index (χ2n) is 4.71. The first-order valence-corrected chi connectivity index (χ1v) is 7.30. The minimum Gasteiger partial charge on any atom is -0.493 e. The van der Waals surface area contributed by atoms with Gasteiger partial charge in [0.2, 0.25) is 0 Å². The van der Waals surface area contributed by atoms with Gasteiger partial charge in [0, 0.05) is 31.0 Å². The minimum absolute atomic E-state index is 0.633. The van der Waals surface area contributed by atoms with Crippen LogP contribution in [0.2, 0.25) is 0 Å². The molecule has 0 radical (unpaired) electrons. The molecule has 1 N–H and O–H groups in total. The summed E-state index contributed by atoms with van der Waals surface area (Å²) >= 11 is 0. The van der Waals surface area contributed by atoms with Crippen molar-refractivity contribution in [1.82, 2.24) is 14.9 Å². The minimum atomic E-state index is 0.633. The molecule has 0 atom stereocenters. The van der Waals surface area contributed by atoms with Crippen LogP contribution < -0.4 is 14.8 Å². The normalized spacial score (nSPS) is 10.6. The Hall–Kier alpha value is -2.01. The van der Waals surface area contributed by atoms with Crippen LogP contribution in [0.1, 0.15) is 18.9 Å². The Balaban J connectivity index is 1.82. The van der Waals surface area contributed by atoms with Crippen LogP contribution in [0.15, 0.2) is 36.9 Å². The third-order valence-corrected chi connectivity index (χ3v) is 3.21. The highest BCUT2D eigenvalue weighted by atomic mass is 16.5. The lowest BCUT2D eigenvalue weighted by Gasteiger charge is -2.14. The Labute approximate surface area is 125 Å². The fourth-order valence-corrected chi connectivity index (χ4v) is 2.20. The highest BCUT2D eigenvalue weighted by molar-refractivity contribution is 5.46. The summed E-state index contributed by atoms with van der Waals surface area (Å²) in [4.78, 5) is 4.03. The maximum absolute atomic E-state index is 5.70. The van der Waals surface area contributed by atoms with E-state index >= 15 is 0 Å². The summed E-state index contributed by atoms with van der Waals surface area (Å²) < 4.78 is 13.1. The van der Waals surface area contributed by atoms with Crippen LogP contribution in [-0.4, -0.2) is 29.8 Å². The van der Waals surface area contributed by atoms with Crippen molar-refractivity contribution in [3.63, 3.8) is 0 Å². The molecule has 114 valence electrons. The zero-order valence-electron chi connectivity index (χ0n) is 12.7.